The molecule has 7 heteroatoms. The highest BCUT2D eigenvalue weighted by Crippen LogP contribution is 2.22. The number of nitrogens with one attached hydrogen (secondary N) is 1. The van der Waals surface area contributed by atoms with Crippen molar-refractivity contribution in [2.45, 2.75) is 32.6 Å². The summed E-state index contributed by atoms with van der Waals surface area (Å²) in [7, 11) is -4.00. The highest BCUT2D eigenvalue weighted by atomic mass is 32.2. The van der Waals surface area contributed by atoms with Crippen LogP contribution < -0.4 is 5.32 Å². The second-order valence-corrected chi connectivity index (χ2v) is 7.97. The molecule has 0 saturated carbocycles. The van der Waals surface area contributed by atoms with E-state index in [4.69, 9.17) is 0 Å². The Kier molecular flexibility index (Phi) is 6.15. The number of aryl methyl sites for hydroxylation is 2. The van der Waals surface area contributed by atoms with E-state index >= 15 is 0 Å². The smallest absolute Gasteiger partial charge is 0.255 e. The van der Waals surface area contributed by atoms with Crippen molar-refractivity contribution < 1.29 is 17.6 Å². The minimum absolute atomic E-state index is 0.0799. The van der Waals surface area contributed by atoms with Gasteiger partial charge in [0.2, 0.25) is 10.0 Å². The third kappa shape index (κ3) is 4.28. The minimum Gasteiger partial charge on any atom is -0.322 e. The fraction of sp³-hybridized carbons (Fsp3) is 0.316. The van der Waals surface area contributed by atoms with Crippen LogP contribution in [0, 0.1) is 19.7 Å². The molecule has 1 N–H and O–H groups in total. The molecule has 0 aliphatic rings. The molecule has 0 saturated heterocycles. The summed E-state index contributed by atoms with van der Waals surface area (Å²) < 4.78 is 40.5. The third-order valence-electron chi connectivity index (χ3n) is 4.00. The lowest BCUT2D eigenvalue weighted by molar-refractivity contribution is 0.102. The van der Waals surface area contributed by atoms with Crippen LogP contribution in [-0.2, 0) is 10.0 Å². The summed E-state index contributed by atoms with van der Waals surface area (Å²) >= 11 is 0. The van der Waals surface area contributed by atoms with Gasteiger partial charge in [0, 0.05) is 24.3 Å². The second-order valence-electron chi connectivity index (χ2n) is 6.07. The standard InChI is InChI=1S/C19H23FN2O3S/c1-5-22(6-2)26(24,25)18-12-15(7-8-17(18)20)19(23)21-16-10-13(3)9-14(4)11-16/h7-12H,5-6H2,1-4H3,(H,21,23). The van der Waals surface area contributed by atoms with Crippen molar-refractivity contribution >= 4 is 21.6 Å². The van der Waals surface area contributed by atoms with E-state index < -0.39 is 26.6 Å². The number of halogens is 1. The molecule has 140 valence electrons. The normalized spacial score (nSPS) is 11.6. The van der Waals surface area contributed by atoms with Gasteiger partial charge in [0.1, 0.15) is 10.7 Å². The second kappa shape index (κ2) is 7.97. The summed E-state index contributed by atoms with van der Waals surface area (Å²) in [5.41, 5.74) is 2.66. The number of nitrogens with zero attached hydrogens (tertiary/aromatic N) is 1. The van der Waals surface area contributed by atoms with Gasteiger partial charge in [-0.15, -0.1) is 0 Å². The number of anilines is 1. The summed E-state index contributed by atoms with van der Waals surface area (Å²) in [5, 5.41) is 2.73. The molecule has 0 aliphatic carbocycles. The fourth-order valence-corrected chi connectivity index (χ4v) is 4.34. The SMILES string of the molecule is CCN(CC)S(=O)(=O)c1cc(C(=O)Nc2cc(C)cc(C)c2)ccc1F. The van der Waals surface area contributed by atoms with Gasteiger partial charge < -0.3 is 5.32 Å². The van der Waals surface area contributed by atoms with Crippen LogP contribution in [0.15, 0.2) is 41.3 Å². The quantitative estimate of drug-likeness (QED) is 0.833. The lowest BCUT2D eigenvalue weighted by Gasteiger charge is -2.19. The number of hydrogen-bond donors (Lipinski definition) is 1. The van der Waals surface area contributed by atoms with E-state index in [9.17, 15) is 17.6 Å². The Morgan fingerprint density at radius 1 is 1.04 bits per heavy atom. The van der Waals surface area contributed by atoms with E-state index in [-0.39, 0.29) is 18.7 Å². The number of rotatable bonds is 6. The van der Waals surface area contributed by atoms with E-state index in [0.29, 0.717) is 5.69 Å². The first kappa shape index (κ1) is 20.1. The first-order valence-corrected chi connectivity index (χ1v) is 9.82. The first-order chi connectivity index (χ1) is 12.2. The Bertz CT molecular complexity index is 902. The summed E-state index contributed by atoms with van der Waals surface area (Å²) in [6.07, 6.45) is 0. The Morgan fingerprint density at radius 2 is 1.62 bits per heavy atom. The zero-order valence-corrected chi connectivity index (χ0v) is 16.2. The van der Waals surface area contributed by atoms with Crippen molar-refractivity contribution in [1.29, 1.82) is 0 Å². The molecule has 0 spiro atoms. The van der Waals surface area contributed by atoms with Gasteiger partial charge in [0.05, 0.1) is 0 Å². The Morgan fingerprint density at radius 3 is 2.15 bits per heavy atom. The molecule has 0 atom stereocenters. The third-order valence-corrected chi connectivity index (χ3v) is 6.06. The average Bonchev–Trinajstić information content (AvgIpc) is 2.54. The number of amides is 1. The van der Waals surface area contributed by atoms with Gasteiger partial charge in [-0.3, -0.25) is 4.79 Å². The number of carbonyl (C=O) groups excluding carboxylic acids is 1. The monoisotopic (exact) mass is 378 g/mol. The molecule has 0 bridgehead atoms. The molecule has 0 aromatic heterocycles. The molecule has 2 aromatic rings. The lowest BCUT2D eigenvalue weighted by Crippen LogP contribution is -2.31. The molecular weight excluding hydrogens is 355 g/mol. The molecule has 0 fully saturated rings. The Balaban J connectivity index is 2.38. The predicted octanol–water partition coefficient (Wildman–Crippen LogP) is 3.73. The van der Waals surface area contributed by atoms with Crippen LogP contribution in [0.1, 0.15) is 35.3 Å². The molecular formula is C19H23FN2O3S. The minimum atomic E-state index is -4.00. The van der Waals surface area contributed by atoms with E-state index in [1.54, 1.807) is 13.8 Å². The van der Waals surface area contributed by atoms with E-state index in [1.165, 1.54) is 6.07 Å². The maximum atomic E-state index is 14.2. The van der Waals surface area contributed by atoms with Crippen molar-refractivity contribution in [3.8, 4) is 0 Å². The molecule has 0 radical (unpaired) electrons. The lowest BCUT2D eigenvalue weighted by atomic mass is 10.1. The highest BCUT2D eigenvalue weighted by Gasteiger charge is 2.26. The molecule has 26 heavy (non-hydrogen) atoms. The van der Waals surface area contributed by atoms with Gasteiger partial charge in [-0.2, -0.15) is 4.31 Å². The maximum absolute atomic E-state index is 14.2. The van der Waals surface area contributed by atoms with Crippen LogP contribution in [0.4, 0.5) is 10.1 Å². The number of sulfonamides is 1. The number of hydrogen-bond acceptors (Lipinski definition) is 3. The van der Waals surface area contributed by atoms with Crippen LogP contribution in [0.2, 0.25) is 0 Å². The summed E-state index contributed by atoms with van der Waals surface area (Å²) in [4.78, 5) is 12.0. The summed E-state index contributed by atoms with van der Waals surface area (Å²) in [5.74, 6) is -1.37. The fourth-order valence-electron chi connectivity index (χ4n) is 2.80. The molecule has 2 aromatic carbocycles. The largest absolute Gasteiger partial charge is 0.322 e. The summed E-state index contributed by atoms with van der Waals surface area (Å²) in [6.45, 7) is 7.62. The number of carbonyl (C=O) groups is 1. The zero-order valence-electron chi connectivity index (χ0n) is 15.3. The van der Waals surface area contributed by atoms with Crippen LogP contribution in [0.5, 0.6) is 0 Å². The van der Waals surface area contributed by atoms with Crippen molar-refractivity contribution in [2.75, 3.05) is 18.4 Å². The van der Waals surface area contributed by atoms with Crippen LogP contribution in [0.3, 0.4) is 0 Å². The summed E-state index contributed by atoms with van der Waals surface area (Å²) in [6, 6.07) is 8.95. The van der Waals surface area contributed by atoms with Gasteiger partial charge in [-0.05, 0) is 55.3 Å². The van der Waals surface area contributed by atoms with Gasteiger partial charge in [-0.25, -0.2) is 12.8 Å². The van der Waals surface area contributed by atoms with Crippen molar-refractivity contribution in [3.63, 3.8) is 0 Å². The van der Waals surface area contributed by atoms with Gasteiger partial charge >= 0.3 is 0 Å². The molecule has 2 rings (SSSR count). The first-order valence-electron chi connectivity index (χ1n) is 8.38. The molecule has 0 unspecified atom stereocenters. The maximum Gasteiger partial charge on any atom is 0.255 e. The molecule has 0 heterocycles. The van der Waals surface area contributed by atoms with Crippen molar-refractivity contribution in [2.24, 2.45) is 0 Å². The van der Waals surface area contributed by atoms with Crippen molar-refractivity contribution in [1.82, 2.24) is 4.31 Å². The topological polar surface area (TPSA) is 66.5 Å². The van der Waals surface area contributed by atoms with Gasteiger partial charge in [0.15, 0.2) is 0 Å². The zero-order chi connectivity index (χ0) is 19.5. The highest BCUT2D eigenvalue weighted by molar-refractivity contribution is 7.89. The molecule has 1 amide bonds. The molecule has 5 nitrogen and oxygen atoms in total. The predicted molar refractivity (Wildman–Crippen MR) is 100 cm³/mol. The Hall–Kier alpha value is -2.25. The van der Waals surface area contributed by atoms with E-state index in [1.807, 2.05) is 32.0 Å². The van der Waals surface area contributed by atoms with Gasteiger partial charge in [0.25, 0.3) is 5.91 Å². The van der Waals surface area contributed by atoms with E-state index in [2.05, 4.69) is 5.32 Å². The van der Waals surface area contributed by atoms with Gasteiger partial charge in [-0.1, -0.05) is 19.9 Å². The van der Waals surface area contributed by atoms with Crippen LogP contribution in [-0.4, -0.2) is 31.7 Å². The molecule has 0 aliphatic heterocycles. The number of benzene rings is 2. The van der Waals surface area contributed by atoms with Crippen molar-refractivity contribution in [3.05, 3.63) is 58.9 Å². The average molecular weight is 378 g/mol. The van der Waals surface area contributed by atoms with Crippen LogP contribution in [0.25, 0.3) is 0 Å². The van der Waals surface area contributed by atoms with Crippen LogP contribution >= 0.6 is 0 Å². The Labute approximate surface area is 153 Å². The van der Waals surface area contributed by atoms with E-state index in [0.717, 1.165) is 27.6 Å².